The Kier molecular flexibility index (Phi) is 5.54. The monoisotopic (exact) mass is 395 g/mol. The standard InChI is InChI=1S/C21H25N5OS/c1-3-26-15(2)17(11-23-26)12-25-10-4-5-20(25)21(27)24-18-8-6-16(7-9-18)19-13-28-14-22-19/h6-9,11,13-14,20H,3-5,10,12H2,1-2H3,(H,24,27). The van der Waals surface area contributed by atoms with Gasteiger partial charge in [-0.3, -0.25) is 14.4 Å². The van der Waals surface area contributed by atoms with E-state index in [-0.39, 0.29) is 11.9 Å². The SMILES string of the molecule is CCn1ncc(CN2CCCC2C(=O)Nc2ccc(-c3cscn3)cc2)c1C. The zero-order chi connectivity index (χ0) is 19.5. The minimum absolute atomic E-state index is 0.0689. The van der Waals surface area contributed by atoms with E-state index in [4.69, 9.17) is 0 Å². The molecule has 1 unspecified atom stereocenters. The summed E-state index contributed by atoms with van der Waals surface area (Å²) in [6, 6.07) is 7.80. The minimum atomic E-state index is -0.0948. The maximum absolute atomic E-state index is 12.9. The third-order valence-electron chi connectivity index (χ3n) is 5.42. The lowest BCUT2D eigenvalue weighted by Gasteiger charge is -2.23. The molecule has 7 heteroatoms. The van der Waals surface area contributed by atoms with Crippen LogP contribution in [0.3, 0.4) is 0 Å². The van der Waals surface area contributed by atoms with Crippen LogP contribution in [0.4, 0.5) is 5.69 Å². The lowest BCUT2D eigenvalue weighted by atomic mass is 10.1. The first-order valence-electron chi connectivity index (χ1n) is 9.70. The molecule has 3 heterocycles. The molecule has 4 rings (SSSR count). The van der Waals surface area contributed by atoms with Gasteiger partial charge in [0.25, 0.3) is 0 Å². The summed E-state index contributed by atoms with van der Waals surface area (Å²) in [6.07, 6.45) is 3.87. The van der Waals surface area contributed by atoms with Gasteiger partial charge in [0.05, 0.1) is 23.4 Å². The molecule has 1 fully saturated rings. The number of likely N-dealkylation sites (tertiary alicyclic amines) is 1. The first kappa shape index (κ1) is 18.8. The van der Waals surface area contributed by atoms with Crippen LogP contribution in [0.5, 0.6) is 0 Å². The highest BCUT2D eigenvalue weighted by atomic mass is 32.1. The van der Waals surface area contributed by atoms with E-state index in [9.17, 15) is 4.79 Å². The van der Waals surface area contributed by atoms with Gasteiger partial charge in [0, 0.05) is 41.0 Å². The Balaban J connectivity index is 1.41. The lowest BCUT2D eigenvalue weighted by Crippen LogP contribution is -2.39. The third kappa shape index (κ3) is 3.86. The maximum Gasteiger partial charge on any atom is 0.241 e. The summed E-state index contributed by atoms with van der Waals surface area (Å²) < 4.78 is 2.00. The second kappa shape index (κ2) is 8.24. The molecule has 1 aliphatic rings. The lowest BCUT2D eigenvalue weighted by molar-refractivity contribution is -0.120. The van der Waals surface area contributed by atoms with Crippen LogP contribution >= 0.6 is 11.3 Å². The summed E-state index contributed by atoms with van der Waals surface area (Å²) in [5, 5.41) is 9.53. The minimum Gasteiger partial charge on any atom is -0.325 e. The fourth-order valence-electron chi connectivity index (χ4n) is 3.80. The van der Waals surface area contributed by atoms with Gasteiger partial charge >= 0.3 is 0 Å². The number of amides is 1. The molecule has 0 spiro atoms. The number of benzene rings is 1. The van der Waals surface area contributed by atoms with E-state index in [0.717, 1.165) is 49.4 Å². The van der Waals surface area contributed by atoms with E-state index >= 15 is 0 Å². The highest BCUT2D eigenvalue weighted by Gasteiger charge is 2.31. The Morgan fingerprint density at radius 1 is 1.32 bits per heavy atom. The molecule has 1 N–H and O–H groups in total. The number of carbonyl (C=O) groups excluding carboxylic acids is 1. The Morgan fingerprint density at radius 3 is 2.82 bits per heavy atom. The number of nitrogens with one attached hydrogen (secondary N) is 1. The van der Waals surface area contributed by atoms with Crippen LogP contribution in [-0.2, 0) is 17.9 Å². The predicted molar refractivity (Wildman–Crippen MR) is 112 cm³/mol. The molecule has 0 radical (unpaired) electrons. The van der Waals surface area contributed by atoms with Gasteiger partial charge in [-0.05, 0) is 45.4 Å². The largest absolute Gasteiger partial charge is 0.325 e. The Morgan fingerprint density at radius 2 is 2.14 bits per heavy atom. The normalized spacial score (nSPS) is 17.1. The molecule has 2 aromatic heterocycles. The summed E-state index contributed by atoms with van der Waals surface area (Å²) in [6.45, 7) is 6.77. The van der Waals surface area contributed by atoms with E-state index in [1.807, 2.05) is 46.0 Å². The second-order valence-corrected chi connectivity index (χ2v) is 7.86. The molecule has 0 aliphatic carbocycles. The molecule has 0 saturated carbocycles. The highest BCUT2D eigenvalue weighted by Crippen LogP contribution is 2.24. The highest BCUT2D eigenvalue weighted by molar-refractivity contribution is 7.07. The molecule has 6 nitrogen and oxygen atoms in total. The summed E-state index contributed by atoms with van der Waals surface area (Å²) in [4.78, 5) is 19.5. The van der Waals surface area contributed by atoms with Crippen molar-refractivity contribution in [1.29, 1.82) is 0 Å². The molecule has 146 valence electrons. The number of anilines is 1. The summed E-state index contributed by atoms with van der Waals surface area (Å²) in [5.74, 6) is 0.0689. The Hall–Kier alpha value is -2.51. The van der Waals surface area contributed by atoms with Gasteiger partial charge in [-0.15, -0.1) is 11.3 Å². The van der Waals surface area contributed by atoms with Gasteiger partial charge in [0.1, 0.15) is 0 Å². The Labute approximate surface area is 169 Å². The van der Waals surface area contributed by atoms with Gasteiger partial charge in [0.15, 0.2) is 0 Å². The number of nitrogens with zero attached hydrogens (tertiary/aromatic N) is 4. The van der Waals surface area contributed by atoms with E-state index in [1.165, 1.54) is 11.3 Å². The second-order valence-electron chi connectivity index (χ2n) is 7.14. The van der Waals surface area contributed by atoms with Gasteiger partial charge in [-0.2, -0.15) is 5.10 Å². The van der Waals surface area contributed by atoms with Crippen molar-refractivity contribution in [3.05, 3.63) is 52.6 Å². The fourth-order valence-corrected chi connectivity index (χ4v) is 4.36. The molecule has 1 aliphatic heterocycles. The van der Waals surface area contributed by atoms with E-state index < -0.39 is 0 Å². The van der Waals surface area contributed by atoms with E-state index in [0.29, 0.717) is 0 Å². The summed E-state index contributed by atoms with van der Waals surface area (Å²) in [7, 11) is 0. The average molecular weight is 396 g/mol. The summed E-state index contributed by atoms with van der Waals surface area (Å²) >= 11 is 1.58. The number of carbonyl (C=O) groups is 1. The van der Waals surface area contributed by atoms with E-state index in [1.54, 1.807) is 11.3 Å². The van der Waals surface area contributed by atoms with Crippen molar-refractivity contribution in [1.82, 2.24) is 19.7 Å². The number of rotatable bonds is 6. The third-order valence-corrected chi connectivity index (χ3v) is 6.01. The van der Waals surface area contributed by atoms with Crippen LogP contribution in [0, 0.1) is 6.92 Å². The van der Waals surface area contributed by atoms with Gasteiger partial charge in [-0.1, -0.05) is 12.1 Å². The zero-order valence-corrected chi connectivity index (χ0v) is 17.1. The van der Waals surface area contributed by atoms with Gasteiger partial charge in [-0.25, -0.2) is 4.98 Å². The number of thiazole rings is 1. The van der Waals surface area contributed by atoms with Crippen molar-refractivity contribution in [3.63, 3.8) is 0 Å². The first-order chi connectivity index (χ1) is 13.7. The van der Waals surface area contributed by atoms with Crippen molar-refractivity contribution in [2.24, 2.45) is 0 Å². The smallest absolute Gasteiger partial charge is 0.241 e. The topological polar surface area (TPSA) is 63.1 Å². The van der Waals surface area contributed by atoms with E-state index in [2.05, 4.69) is 34.1 Å². The first-order valence-corrected chi connectivity index (χ1v) is 10.6. The van der Waals surface area contributed by atoms with Crippen LogP contribution in [0.25, 0.3) is 11.3 Å². The van der Waals surface area contributed by atoms with Crippen LogP contribution < -0.4 is 5.32 Å². The van der Waals surface area contributed by atoms with Crippen LogP contribution in [0.1, 0.15) is 31.0 Å². The van der Waals surface area contributed by atoms with Crippen molar-refractivity contribution >= 4 is 22.9 Å². The number of aromatic nitrogens is 3. The molecule has 1 amide bonds. The van der Waals surface area contributed by atoms with Crippen molar-refractivity contribution in [3.8, 4) is 11.3 Å². The average Bonchev–Trinajstić information content (AvgIpc) is 3.45. The molecule has 3 aromatic rings. The van der Waals surface area contributed by atoms with Crippen molar-refractivity contribution < 1.29 is 4.79 Å². The van der Waals surface area contributed by atoms with Crippen molar-refractivity contribution in [2.75, 3.05) is 11.9 Å². The zero-order valence-electron chi connectivity index (χ0n) is 16.3. The number of aryl methyl sites for hydroxylation is 1. The molecular weight excluding hydrogens is 370 g/mol. The number of hydrogen-bond donors (Lipinski definition) is 1. The van der Waals surface area contributed by atoms with Gasteiger partial charge in [0.2, 0.25) is 5.91 Å². The van der Waals surface area contributed by atoms with Crippen molar-refractivity contribution in [2.45, 2.75) is 45.8 Å². The van der Waals surface area contributed by atoms with Crippen LogP contribution in [0.2, 0.25) is 0 Å². The molecular formula is C21H25N5OS. The fraction of sp³-hybridized carbons (Fsp3) is 0.381. The molecule has 1 aromatic carbocycles. The van der Waals surface area contributed by atoms with Crippen LogP contribution in [-0.4, -0.2) is 38.2 Å². The molecule has 28 heavy (non-hydrogen) atoms. The quantitative estimate of drug-likeness (QED) is 0.687. The Bertz CT molecular complexity index is 932. The molecule has 0 bridgehead atoms. The predicted octanol–water partition coefficient (Wildman–Crippen LogP) is 3.94. The number of hydrogen-bond acceptors (Lipinski definition) is 5. The molecule has 1 atom stereocenters. The maximum atomic E-state index is 12.9. The van der Waals surface area contributed by atoms with Gasteiger partial charge < -0.3 is 5.32 Å². The van der Waals surface area contributed by atoms with Crippen LogP contribution in [0.15, 0.2) is 41.4 Å². The molecule has 1 saturated heterocycles. The summed E-state index contributed by atoms with van der Waals surface area (Å²) in [5.41, 5.74) is 7.07.